The smallest absolute Gasteiger partial charge is 0.239 e. The summed E-state index contributed by atoms with van der Waals surface area (Å²) in [5.41, 5.74) is 0.762. The molecule has 0 fully saturated rings. The van der Waals surface area contributed by atoms with E-state index >= 15 is 0 Å². The van der Waals surface area contributed by atoms with Crippen LogP contribution < -0.4 is 10.6 Å². The summed E-state index contributed by atoms with van der Waals surface area (Å²) in [6.45, 7) is 4.99. The minimum Gasteiger partial charge on any atom is -0.325 e. The number of nitrogens with one attached hydrogen (secondary N) is 2. The highest BCUT2D eigenvalue weighted by Gasteiger charge is 2.36. The van der Waals surface area contributed by atoms with Gasteiger partial charge in [0.05, 0.1) is 0 Å². The second-order valence-electron chi connectivity index (χ2n) is 6.00. The molecule has 126 valence electrons. The quantitative estimate of drug-likeness (QED) is 0.757. The average Bonchev–Trinajstić information content (AvgIpc) is 2.53. The van der Waals surface area contributed by atoms with Gasteiger partial charge in [0.25, 0.3) is 0 Å². The zero-order chi connectivity index (χ0) is 17.9. The number of carbonyl (C=O) groups excluding carboxylic acids is 2. The maximum Gasteiger partial charge on any atom is 0.239 e. The topological polar surface area (TPSA) is 58.2 Å². The molecule has 0 aromatic heterocycles. The molecule has 0 atom stereocenters. The second kappa shape index (κ2) is 7.24. The van der Waals surface area contributed by atoms with E-state index in [1.54, 1.807) is 56.3 Å². The van der Waals surface area contributed by atoms with Gasteiger partial charge in [0.1, 0.15) is 5.41 Å². The minimum atomic E-state index is -1.27. The fourth-order valence-electron chi connectivity index (χ4n) is 1.88. The molecule has 2 N–H and O–H groups in total. The van der Waals surface area contributed by atoms with Gasteiger partial charge in [0.2, 0.25) is 11.8 Å². The van der Waals surface area contributed by atoms with Gasteiger partial charge in [0, 0.05) is 21.4 Å². The normalized spacial score (nSPS) is 11.0. The summed E-state index contributed by atoms with van der Waals surface area (Å²) in [5, 5.41) is 6.56. The van der Waals surface area contributed by atoms with E-state index < -0.39 is 17.2 Å². The number of halogens is 2. The lowest BCUT2D eigenvalue weighted by Gasteiger charge is -2.23. The van der Waals surface area contributed by atoms with Gasteiger partial charge >= 0.3 is 0 Å². The Morgan fingerprint density at radius 3 is 1.92 bits per heavy atom. The van der Waals surface area contributed by atoms with E-state index in [2.05, 4.69) is 10.6 Å². The first-order valence-electron chi connectivity index (χ1n) is 7.35. The molecule has 6 heteroatoms. The van der Waals surface area contributed by atoms with Crippen molar-refractivity contribution in [3.05, 3.63) is 58.1 Å². The number of hydrogen-bond donors (Lipinski definition) is 2. The summed E-state index contributed by atoms with van der Waals surface area (Å²) in [4.78, 5) is 24.9. The Hall–Kier alpha value is -2.04. The predicted molar refractivity (Wildman–Crippen MR) is 98.7 cm³/mol. The third-order valence-electron chi connectivity index (χ3n) is 3.67. The molecular weight excluding hydrogens is 347 g/mol. The lowest BCUT2D eigenvalue weighted by molar-refractivity contribution is -0.135. The molecule has 0 heterocycles. The zero-order valence-corrected chi connectivity index (χ0v) is 15.1. The number of carbonyl (C=O) groups is 2. The number of amides is 2. The van der Waals surface area contributed by atoms with Gasteiger partial charge in [-0.3, -0.25) is 9.59 Å². The van der Waals surface area contributed by atoms with Crippen molar-refractivity contribution in [1.29, 1.82) is 0 Å². The van der Waals surface area contributed by atoms with Crippen LogP contribution in [0.4, 0.5) is 11.4 Å². The highest BCUT2D eigenvalue weighted by atomic mass is 35.5. The van der Waals surface area contributed by atoms with Gasteiger partial charge in [-0.05, 0) is 62.7 Å². The molecule has 24 heavy (non-hydrogen) atoms. The van der Waals surface area contributed by atoms with Gasteiger partial charge in [-0.2, -0.15) is 0 Å². The molecule has 0 bridgehead atoms. The molecule has 2 rings (SSSR count). The molecule has 0 unspecified atom stereocenters. The van der Waals surface area contributed by atoms with Crippen molar-refractivity contribution in [2.24, 2.45) is 5.41 Å². The largest absolute Gasteiger partial charge is 0.325 e. The van der Waals surface area contributed by atoms with E-state index in [4.69, 9.17) is 23.2 Å². The van der Waals surface area contributed by atoms with Crippen LogP contribution in [0.3, 0.4) is 0 Å². The zero-order valence-electron chi connectivity index (χ0n) is 13.6. The van der Waals surface area contributed by atoms with Crippen LogP contribution in [-0.4, -0.2) is 11.8 Å². The van der Waals surface area contributed by atoms with Crippen molar-refractivity contribution < 1.29 is 9.59 Å². The van der Waals surface area contributed by atoms with Crippen LogP contribution in [0.25, 0.3) is 0 Å². The Morgan fingerprint density at radius 2 is 1.38 bits per heavy atom. The maximum atomic E-state index is 12.5. The number of aryl methyl sites for hydroxylation is 1. The summed E-state index contributed by atoms with van der Waals surface area (Å²) in [5.74, 6) is -0.839. The molecule has 0 spiro atoms. The van der Waals surface area contributed by atoms with Crippen LogP contribution in [0.5, 0.6) is 0 Å². The lowest BCUT2D eigenvalue weighted by atomic mass is 9.90. The van der Waals surface area contributed by atoms with Crippen LogP contribution in [0.2, 0.25) is 10.0 Å². The first kappa shape index (κ1) is 18.3. The molecular formula is C18H18Cl2N2O2. The third-order valence-corrected chi connectivity index (χ3v) is 4.33. The van der Waals surface area contributed by atoms with E-state index in [0.29, 0.717) is 21.4 Å². The fraction of sp³-hybridized carbons (Fsp3) is 0.222. The maximum absolute atomic E-state index is 12.5. The molecule has 0 radical (unpaired) electrons. The van der Waals surface area contributed by atoms with Crippen molar-refractivity contribution in [3.8, 4) is 0 Å². The summed E-state index contributed by atoms with van der Waals surface area (Å²) in [6.07, 6.45) is 0. The Kier molecular flexibility index (Phi) is 5.52. The molecule has 2 aromatic rings. The van der Waals surface area contributed by atoms with Crippen LogP contribution in [0, 0.1) is 12.3 Å². The molecule has 0 saturated heterocycles. The summed E-state index contributed by atoms with van der Waals surface area (Å²) in [7, 11) is 0. The van der Waals surface area contributed by atoms with Crippen molar-refractivity contribution in [3.63, 3.8) is 0 Å². The van der Waals surface area contributed by atoms with Crippen LogP contribution in [-0.2, 0) is 9.59 Å². The average molecular weight is 365 g/mol. The highest BCUT2D eigenvalue weighted by Crippen LogP contribution is 2.24. The highest BCUT2D eigenvalue weighted by molar-refractivity contribution is 6.31. The van der Waals surface area contributed by atoms with Gasteiger partial charge < -0.3 is 10.6 Å². The monoisotopic (exact) mass is 364 g/mol. The van der Waals surface area contributed by atoms with Crippen molar-refractivity contribution in [2.45, 2.75) is 20.8 Å². The van der Waals surface area contributed by atoms with E-state index in [9.17, 15) is 9.59 Å². The summed E-state index contributed by atoms with van der Waals surface area (Å²) in [6, 6.07) is 11.9. The Labute approximate surface area is 151 Å². The van der Waals surface area contributed by atoms with Gasteiger partial charge in [-0.1, -0.05) is 29.3 Å². The van der Waals surface area contributed by atoms with Crippen molar-refractivity contribution >= 4 is 46.4 Å². The van der Waals surface area contributed by atoms with Crippen LogP contribution in [0.15, 0.2) is 42.5 Å². The summed E-state index contributed by atoms with van der Waals surface area (Å²) >= 11 is 11.9. The molecule has 0 aliphatic carbocycles. The Balaban J connectivity index is 2.09. The van der Waals surface area contributed by atoms with E-state index in [-0.39, 0.29) is 0 Å². The number of anilines is 2. The van der Waals surface area contributed by atoms with Crippen LogP contribution in [0.1, 0.15) is 19.4 Å². The van der Waals surface area contributed by atoms with E-state index in [0.717, 1.165) is 5.56 Å². The SMILES string of the molecule is Cc1ccc(NC(=O)C(C)(C)C(=O)Nc2ccc(Cl)cc2)cc1Cl. The third kappa shape index (κ3) is 4.28. The second-order valence-corrected chi connectivity index (χ2v) is 6.85. The molecule has 0 aliphatic heterocycles. The van der Waals surface area contributed by atoms with Gasteiger partial charge in [-0.25, -0.2) is 0 Å². The van der Waals surface area contributed by atoms with Gasteiger partial charge in [-0.15, -0.1) is 0 Å². The molecule has 2 amide bonds. The van der Waals surface area contributed by atoms with E-state index in [1.165, 1.54) is 0 Å². The van der Waals surface area contributed by atoms with Crippen molar-refractivity contribution in [2.75, 3.05) is 10.6 Å². The lowest BCUT2D eigenvalue weighted by Crippen LogP contribution is -2.41. The number of rotatable bonds is 4. The first-order valence-corrected chi connectivity index (χ1v) is 8.10. The van der Waals surface area contributed by atoms with Gasteiger partial charge in [0.15, 0.2) is 0 Å². The first-order chi connectivity index (χ1) is 11.2. The number of hydrogen-bond acceptors (Lipinski definition) is 2. The molecule has 4 nitrogen and oxygen atoms in total. The Bertz CT molecular complexity index is 771. The Morgan fingerprint density at radius 1 is 0.875 bits per heavy atom. The van der Waals surface area contributed by atoms with Crippen LogP contribution >= 0.6 is 23.2 Å². The number of benzene rings is 2. The molecule has 0 aliphatic rings. The van der Waals surface area contributed by atoms with E-state index in [1.807, 2.05) is 6.92 Å². The minimum absolute atomic E-state index is 0.416. The molecule has 0 saturated carbocycles. The summed E-state index contributed by atoms with van der Waals surface area (Å²) < 4.78 is 0. The van der Waals surface area contributed by atoms with Crippen molar-refractivity contribution in [1.82, 2.24) is 0 Å². The predicted octanol–water partition coefficient (Wildman–Crippen LogP) is 4.91. The fourth-order valence-corrected chi connectivity index (χ4v) is 2.19. The molecule has 2 aromatic carbocycles. The standard InChI is InChI=1S/C18H18Cl2N2O2/c1-11-4-7-14(10-15(11)20)22-17(24)18(2,3)16(23)21-13-8-5-12(19)6-9-13/h4-10H,1-3H3,(H,21,23)(H,22,24).